The van der Waals surface area contributed by atoms with Gasteiger partial charge in [0.2, 0.25) is 11.9 Å². The molecule has 0 aliphatic carbocycles. The van der Waals surface area contributed by atoms with Gasteiger partial charge in [-0.15, -0.1) is 0 Å². The van der Waals surface area contributed by atoms with Gasteiger partial charge >= 0.3 is 5.97 Å². The molecule has 0 aliphatic rings. The van der Waals surface area contributed by atoms with Crippen molar-refractivity contribution in [1.82, 2.24) is 25.3 Å². The maximum absolute atomic E-state index is 12.4. The zero-order valence-corrected chi connectivity index (χ0v) is 17.7. The molecule has 0 unspecified atom stereocenters. The van der Waals surface area contributed by atoms with Crippen LogP contribution in [0.5, 0.6) is 0 Å². The monoisotopic (exact) mass is 453 g/mol. The summed E-state index contributed by atoms with van der Waals surface area (Å²) in [6, 6.07) is 5.33. The Morgan fingerprint density at radius 2 is 1.82 bits per heavy atom. The number of aliphatic carboxylic acids is 1. The molecule has 3 aromatic rings. The first-order chi connectivity index (χ1) is 15.6. The molecule has 1 atom stereocenters. The molecule has 2 aromatic heterocycles. The normalized spacial score (nSPS) is 11.7. The van der Waals surface area contributed by atoms with E-state index in [0.29, 0.717) is 23.4 Å². The van der Waals surface area contributed by atoms with E-state index in [9.17, 15) is 19.5 Å². The Kier molecular flexibility index (Phi) is 6.81. The predicted molar refractivity (Wildman–Crippen MR) is 120 cm³/mol. The second-order valence-electron chi connectivity index (χ2n) is 7.27. The molecule has 13 heteroatoms. The van der Waals surface area contributed by atoms with Crippen molar-refractivity contribution in [3.05, 3.63) is 41.7 Å². The molecule has 0 radical (unpaired) electrons. The van der Waals surface area contributed by atoms with E-state index in [1.54, 1.807) is 30.5 Å². The fourth-order valence-electron chi connectivity index (χ4n) is 3.05. The molecule has 0 fully saturated rings. The number of hydrogen-bond acceptors (Lipinski definition) is 10. The van der Waals surface area contributed by atoms with Gasteiger partial charge in [-0.25, -0.2) is 14.8 Å². The van der Waals surface area contributed by atoms with Crippen molar-refractivity contribution in [1.29, 1.82) is 0 Å². The molecule has 0 aliphatic heterocycles. The van der Waals surface area contributed by atoms with Crippen molar-refractivity contribution in [2.45, 2.75) is 25.4 Å². The molecule has 0 saturated heterocycles. The maximum atomic E-state index is 12.4. The van der Waals surface area contributed by atoms with Crippen LogP contribution in [0.3, 0.4) is 0 Å². The number of nitrogens with two attached hydrogens (primary N) is 3. The van der Waals surface area contributed by atoms with E-state index < -0.39 is 23.8 Å². The highest BCUT2D eigenvalue weighted by Crippen LogP contribution is 2.19. The number of carboxylic acid groups (broad SMARTS) is 1. The van der Waals surface area contributed by atoms with Crippen LogP contribution in [0.1, 0.15) is 28.9 Å². The standard InChI is InChI=1S/C20H23N9O4/c1-29(9-11-8-24-17-15(25-11)16(22)27-20(23)28-17)12-4-2-10(3-5-12)18(31)26-13(19(32)33)6-7-14(21)30/h2-5,8,13H,6-7,9H2,1H3,(H2,21,30)(H,26,31)(H,32,33)(H4,22,23,24,27,28)/t13-/m0/s1. The lowest BCUT2D eigenvalue weighted by Gasteiger charge is -2.19. The third kappa shape index (κ3) is 5.78. The lowest BCUT2D eigenvalue weighted by molar-refractivity contribution is -0.139. The van der Waals surface area contributed by atoms with Crippen LogP contribution in [-0.4, -0.2) is 55.9 Å². The topological polar surface area (TPSA) is 216 Å². The fourth-order valence-corrected chi connectivity index (χ4v) is 3.05. The third-order valence-electron chi connectivity index (χ3n) is 4.75. The van der Waals surface area contributed by atoms with Crippen molar-refractivity contribution in [2.24, 2.45) is 5.73 Å². The van der Waals surface area contributed by atoms with E-state index in [4.69, 9.17) is 17.2 Å². The molecule has 2 amide bonds. The van der Waals surface area contributed by atoms with Crippen molar-refractivity contribution < 1.29 is 19.5 Å². The number of fused-ring (bicyclic) bond motifs is 1. The van der Waals surface area contributed by atoms with E-state index in [2.05, 4.69) is 25.3 Å². The maximum Gasteiger partial charge on any atom is 0.326 e. The van der Waals surface area contributed by atoms with Gasteiger partial charge in [0.05, 0.1) is 18.4 Å². The van der Waals surface area contributed by atoms with Crippen molar-refractivity contribution in [3.8, 4) is 0 Å². The molecule has 2 heterocycles. The van der Waals surface area contributed by atoms with Gasteiger partial charge in [-0.05, 0) is 30.7 Å². The van der Waals surface area contributed by atoms with E-state index in [-0.39, 0.29) is 30.2 Å². The Bertz CT molecular complexity index is 1200. The first kappa shape index (κ1) is 23.1. The number of aromatic nitrogens is 4. The molecule has 1 aromatic carbocycles. The smallest absolute Gasteiger partial charge is 0.326 e. The summed E-state index contributed by atoms with van der Waals surface area (Å²) in [6.45, 7) is 0.381. The number of hydrogen-bond donors (Lipinski definition) is 5. The number of nitrogen functional groups attached to an aromatic ring is 2. The van der Waals surface area contributed by atoms with E-state index in [1.807, 2.05) is 11.9 Å². The number of carbonyl (C=O) groups is 3. The highest BCUT2D eigenvalue weighted by atomic mass is 16.4. The van der Waals surface area contributed by atoms with Gasteiger partial charge in [0, 0.05) is 24.7 Å². The number of nitrogens with zero attached hydrogens (tertiary/aromatic N) is 5. The van der Waals surface area contributed by atoms with Crippen LogP contribution >= 0.6 is 0 Å². The van der Waals surface area contributed by atoms with Crippen LogP contribution in [0.4, 0.5) is 17.5 Å². The highest BCUT2D eigenvalue weighted by molar-refractivity contribution is 5.97. The first-order valence-corrected chi connectivity index (χ1v) is 9.82. The van der Waals surface area contributed by atoms with Gasteiger partial charge in [-0.3, -0.25) is 9.59 Å². The molecule has 0 saturated carbocycles. The average Bonchev–Trinajstić information content (AvgIpc) is 2.76. The zero-order chi connectivity index (χ0) is 24.1. The molecule has 33 heavy (non-hydrogen) atoms. The number of primary amides is 1. The average molecular weight is 453 g/mol. The summed E-state index contributed by atoms with van der Waals surface area (Å²) in [4.78, 5) is 53.0. The number of carboxylic acids is 1. The van der Waals surface area contributed by atoms with Gasteiger partial charge < -0.3 is 32.5 Å². The van der Waals surface area contributed by atoms with Crippen LogP contribution in [0, 0.1) is 0 Å². The van der Waals surface area contributed by atoms with Crippen molar-refractivity contribution in [3.63, 3.8) is 0 Å². The summed E-state index contributed by atoms with van der Waals surface area (Å²) in [5.74, 6) is -2.30. The second-order valence-corrected chi connectivity index (χ2v) is 7.27. The number of nitrogens with one attached hydrogen (secondary N) is 1. The highest BCUT2D eigenvalue weighted by Gasteiger charge is 2.21. The Morgan fingerprint density at radius 3 is 2.45 bits per heavy atom. The summed E-state index contributed by atoms with van der Waals surface area (Å²) in [7, 11) is 1.83. The summed E-state index contributed by atoms with van der Waals surface area (Å²) in [5.41, 5.74) is 18.8. The molecule has 13 nitrogen and oxygen atoms in total. The molecule has 0 bridgehead atoms. The number of anilines is 3. The van der Waals surface area contributed by atoms with Gasteiger partial charge in [-0.1, -0.05) is 0 Å². The summed E-state index contributed by atoms with van der Waals surface area (Å²) < 4.78 is 0. The van der Waals surface area contributed by atoms with Crippen LogP contribution in [0.15, 0.2) is 30.5 Å². The largest absolute Gasteiger partial charge is 0.480 e. The number of amides is 2. The van der Waals surface area contributed by atoms with E-state index in [0.717, 1.165) is 5.69 Å². The Balaban J connectivity index is 1.67. The van der Waals surface area contributed by atoms with E-state index in [1.165, 1.54) is 0 Å². The zero-order valence-electron chi connectivity index (χ0n) is 17.7. The van der Waals surface area contributed by atoms with Crippen LogP contribution < -0.4 is 27.4 Å². The summed E-state index contributed by atoms with van der Waals surface area (Å²) in [6.07, 6.45) is 1.32. The number of benzene rings is 1. The van der Waals surface area contributed by atoms with Gasteiger partial charge in [0.1, 0.15) is 6.04 Å². The minimum Gasteiger partial charge on any atom is -0.480 e. The minimum atomic E-state index is -1.24. The quantitative estimate of drug-likeness (QED) is 0.282. The molecule has 3 rings (SSSR count). The van der Waals surface area contributed by atoms with Crippen LogP contribution in [0.2, 0.25) is 0 Å². The molecule has 172 valence electrons. The second kappa shape index (κ2) is 9.72. The minimum absolute atomic E-state index is 0.0193. The lowest BCUT2D eigenvalue weighted by Crippen LogP contribution is -2.41. The summed E-state index contributed by atoms with van der Waals surface area (Å²) in [5, 5.41) is 11.6. The van der Waals surface area contributed by atoms with Gasteiger partial charge in [-0.2, -0.15) is 9.97 Å². The lowest BCUT2D eigenvalue weighted by atomic mass is 10.1. The molecular formula is C20H23N9O4. The Morgan fingerprint density at radius 1 is 1.12 bits per heavy atom. The molecule has 0 spiro atoms. The van der Waals surface area contributed by atoms with Crippen molar-refractivity contribution in [2.75, 3.05) is 23.4 Å². The number of rotatable bonds is 9. The number of carbonyl (C=O) groups excluding carboxylic acids is 2. The molecule has 8 N–H and O–H groups in total. The molecular weight excluding hydrogens is 430 g/mol. The Labute approximate surface area is 188 Å². The third-order valence-corrected chi connectivity index (χ3v) is 4.75. The van der Waals surface area contributed by atoms with Gasteiger partial charge in [0.25, 0.3) is 5.91 Å². The first-order valence-electron chi connectivity index (χ1n) is 9.82. The predicted octanol–water partition coefficient (Wildman–Crippen LogP) is -0.331. The van der Waals surface area contributed by atoms with Crippen LogP contribution in [-0.2, 0) is 16.1 Å². The fraction of sp³-hybridized carbons (Fsp3) is 0.250. The Hall–Kier alpha value is -4.55. The van der Waals surface area contributed by atoms with E-state index >= 15 is 0 Å². The SMILES string of the molecule is CN(Cc1cnc2nc(N)nc(N)c2n1)c1ccc(C(=O)N[C@@H](CCC(N)=O)C(=O)O)cc1. The van der Waals surface area contributed by atoms with Crippen LogP contribution in [0.25, 0.3) is 11.2 Å². The van der Waals surface area contributed by atoms with Gasteiger partial charge in [0.15, 0.2) is 17.0 Å². The summed E-state index contributed by atoms with van der Waals surface area (Å²) >= 11 is 0. The van der Waals surface area contributed by atoms with Crippen molar-refractivity contribution >= 4 is 46.4 Å².